The van der Waals surface area contributed by atoms with E-state index in [1.807, 2.05) is 13.1 Å². The van der Waals surface area contributed by atoms with E-state index >= 15 is 0 Å². The first kappa shape index (κ1) is 21.4. The number of ether oxygens (including phenoxy) is 3. The summed E-state index contributed by atoms with van der Waals surface area (Å²) in [5.74, 6) is 1.93. The van der Waals surface area contributed by atoms with Crippen molar-refractivity contribution in [3.8, 4) is 17.2 Å². The summed E-state index contributed by atoms with van der Waals surface area (Å²) in [5, 5.41) is 10.3. The number of aliphatic hydroxyl groups is 1. The van der Waals surface area contributed by atoms with Crippen LogP contribution in [0.25, 0.3) is 5.57 Å². The van der Waals surface area contributed by atoms with Gasteiger partial charge in [-0.25, -0.2) is 0 Å². The zero-order chi connectivity index (χ0) is 17.4. The third-order valence-corrected chi connectivity index (χ3v) is 3.47. The second-order valence-corrected chi connectivity index (χ2v) is 16.7. The molecule has 1 unspecified atom stereocenters. The van der Waals surface area contributed by atoms with Gasteiger partial charge in [-0.2, -0.15) is 0 Å². The van der Waals surface area contributed by atoms with E-state index in [4.69, 9.17) is 14.2 Å². The van der Waals surface area contributed by atoms with Crippen LogP contribution in [-0.2, 0) is 9.47 Å². The third kappa shape index (κ3) is 5.96. The summed E-state index contributed by atoms with van der Waals surface area (Å²) in [6, 6.07) is 3.59. The summed E-state index contributed by atoms with van der Waals surface area (Å²) in [6.07, 6.45) is 1.44. The number of halogens is 2. The van der Waals surface area contributed by atoms with Crippen LogP contribution in [0.1, 0.15) is 5.56 Å². The topological polar surface area (TPSA) is 51.2 Å². The minimum atomic E-state index is -0.565. The molecule has 0 radical (unpaired) electrons. The van der Waals surface area contributed by atoms with Crippen molar-refractivity contribution in [2.45, 2.75) is 6.10 Å². The first-order chi connectivity index (χ1) is 11.0. The molecule has 1 aliphatic rings. The van der Waals surface area contributed by atoms with Gasteiger partial charge < -0.3 is 19.3 Å². The average molecular weight is 584 g/mol. The molecule has 1 atom stereocenters. The fourth-order valence-corrected chi connectivity index (χ4v) is 2.42. The van der Waals surface area contributed by atoms with Gasteiger partial charge in [-0.1, -0.05) is 6.08 Å². The van der Waals surface area contributed by atoms with E-state index in [0.717, 1.165) is 17.7 Å². The summed E-state index contributed by atoms with van der Waals surface area (Å²) in [5.41, 5.74) is 1.62. The van der Waals surface area contributed by atoms with E-state index in [-0.39, 0.29) is 0 Å². The van der Waals surface area contributed by atoms with Crippen LogP contribution >= 0.6 is 40.0 Å². The second-order valence-electron chi connectivity index (χ2n) is 4.87. The molecule has 1 N–H and O–H groups in total. The molecule has 0 aliphatic carbocycles. The number of methoxy groups -OCH3 is 3. The van der Waals surface area contributed by atoms with Gasteiger partial charge in [0.1, 0.15) is 17.2 Å². The summed E-state index contributed by atoms with van der Waals surface area (Å²) in [6.45, 7) is 1.37. The predicted octanol–water partition coefficient (Wildman–Crippen LogP) is 3.17. The molecule has 1 aromatic rings. The molecule has 1 aromatic carbocycles. The number of likely N-dealkylation sites (N-methyl/N-ethyl adjacent to an activating group) is 1. The van der Waals surface area contributed by atoms with E-state index in [0.29, 0.717) is 33.3 Å². The maximum absolute atomic E-state index is 10.3. The molecule has 2 rings (SSSR count). The predicted molar refractivity (Wildman–Crippen MR) is 106 cm³/mol. The average Bonchev–Trinajstić information content (AvgIpc) is 2.54. The van der Waals surface area contributed by atoms with Gasteiger partial charge >= 0.3 is 49.4 Å². The van der Waals surface area contributed by atoms with Crippen molar-refractivity contribution in [2.75, 3.05) is 41.5 Å². The van der Waals surface area contributed by atoms with Crippen molar-refractivity contribution in [1.82, 2.24) is 4.90 Å². The van der Waals surface area contributed by atoms with Gasteiger partial charge in [0.2, 0.25) is 0 Å². The van der Waals surface area contributed by atoms with Gasteiger partial charge in [-0.3, -0.25) is 4.90 Å². The van der Waals surface area contributed by atoms with E-state index in [2.05, 4.69) is 44.9 Å². The SMILES string of the molecule is COc1cc(OC)c(C2=CCN(C)CC2O)c(OC)c1.[I][V][I]. The number of hydrogen-bond acceptors (Lipinski definition) is 5. The van der Waals surface area contributed by atoms with Crippen LogP contribution in [0.15, 0.2) is 18.2 Å². The number of aliphatic hydroxyl groups excluding tert-OH is 1. The number of β-amino-alcohol motifs (C(OH)–C–C–N with tert-alkyl or cyclic N) is 1. The second kappa shape index (κ2) is 11.0. The molecule has 1 heterocycles. The van der Waals surface area contributed by atoms with Crippen LogP contribution in [0.2, 0.25) is 0 Å². The molecule has 23 heavy (non-hydrogen) atoms. The van der Waals surface area contributed by atoms with E-state index in [1.54, 1.807) is 33.5 Å². The van der Waals surface area contributed by atoms with Crippen LogP contribution in [0.5, 0.6) is 17.2 Å². The van der Waals surface area contributed by atoms with E-state index in [9.17, 15) is 5.11 Å². The standard InChI is InChI=1S/C15H21NO4.2HI.V/c1-16-6-5-11(12(17)9-16)15-13(19-3)7-10(18-2)8-14(15)20-4;;;/h5,7-8,12,17H,6,9H2,1-4H3;2*1H;/q;;;+2/p-2. The summed E-state index contributed by atoms with van der Waals surface area (Å²) in [4.78, 5) is 2.05. The van der Waals surface area contributed by atoms with Crippen molar-refractivity contribution in [3.63, 3.8) is 0 Å². The van der Waals surface area contributed by atoms with Crippen molar-refractivity contribution >= 4 is 45.5 Å². The first-order valence-corrected chi connectivity index (χ1v) is 15.8. The van der Waals surface area contributed by atoms with Gasteiger partial charge in [0, 0.05) is 25.2 Å². The van der Waals surface area contributed by atoms with Crippen LogP contribution in [-0.4, -0.2) is 57.6 Å². The van der Waals surface area contributed by atoms with Crippen molar-refractivity contribution in [3.05, 3.63) is 23.8 Å². The fourth-order valence-electron chi connectivity index (χ4n) is 2.42. The molecule has 5 nitrogen and oxygen atoms in total. The zero-order valence-corrected chi connectivity index (χ0v) is 19.3. The molecule has 0 bridgehead atoms. The Hall–Kier alpha value is 0.324. The van der Waals surface area contributed by atoms with Crippen LogP contribution in [0, 0.1) is 0 Å². The Bertz CT molecular complexity index is 517. The normalized spacial score (nSPS) is 17.5. The summed E-state index contributed by atoms with van der Waals surface area (Å²) in [7, 11) is 7.39. The van der Waals surface area contributed by atoms with Gasteiger partial charge in [0.05, 0.1) is 33.0 Å². The monoisotopic (exact) mass is 584 g/mol. The summed E-state index contributed by atoms with van der Waals surface area (Å²) >= 11 is 4.74. The quantitative estimate of drug-likeness (QED) is 0.552. The molecule has 0 fully saturated rings. The Morgan fingerprint density at radius 3 is 2.04 bits per heavy atom. The van der Waals surface area contributed by atoms with Gasteiger partial charge in [0.25, 0.3) is 0 Å². The molecule has 1 aliphatic heterocycles. The number of hydrogen-bond donors (Lipinski definition) is 1. The fraction of sp³-hybridized carbons (Fsp3) is 0.467. The molecule has 0 spiro atoms. The number of nitrogens with zero attached hydrogens (tertiary/aromatic N) is 1. The number of benzene rings is 1. The first-order valence-electron chi connectivity index (χ1n) is 6.81. The van der Waals surface area contributed by atoms with E-state index < -0.39 is 6.10 Å². The Labute approximate surface area is 166 Å². The molecule has 0 saturated carbocycles. The summed E-state index contributed by atoms with van der Waals surface area (Å²) < 4.78 is 16.1. The Morgan fingerprint density at radius 2 is 1.65 bits per heavy atom. The van der Waals surface area contributed by atoms with Gasteiger partial charge in [0.15, 0.2) is 0 Å². The van der Waals surface area contributed by atoms with Crippen LogP contribution < -0.4 is 14.2 Å². The number of rotatable bonds is 4. The Kier molecular flexibility index (Phi) is 10.3. The Balaban J connectivity index is 0.000000816. The maximum atomic E-state index is 10.3. The van der Waals surface area contributed by atoms with Gasteiger partial charge in [-0.15, -0.1) is 0 Å². The third-order valence-electron chi connectivity index (χ3n) is 3.47. The van der Waals surface area contributed by atoms with Crippen molar-refractivity contribution in [1.29, 1.82) is 0 Å². The molecule has 0 amide bonds. The molecule has 0 aromatic heterocycles. The molecular weight excluding hydrogens is 563 g/mol. The van der Waals surface area contributed by atoms with Crippen molar-refractivity contribution in [2.24, 2.45) is 0 Å². The van der Waals surface area contributed by atoms with Gasteiger partial charge in [-0.05, 0) is 12.6 Å². The Morgan fingerprint density at radius 1 is 1.13 bits per heavy atom. The van der Waals surface area contributed by atoms with E-state index in [1.165, 1.54) is 0 Å². The molecule has 8 heteroatoms. The van der Waals surface area contributed by atoms with Crippen molar-refractivity contribution < 1.29 is 28.8 Å². The minimum absolute atomic E-state index is 0.565. The van der Waals surface area contributed by atoms with Crippen LogP contribution in [0.4, 0.5) is 0 Å². The molecular formula is C15H21I2NO4V. The molecule has 0 saturated heterocycles. The zero-order valence-electron chi connectivity index (χ0n) is 13.5. The van der Waals surface area contributed by atoms with Crippen LogP contribution in [0.3, 0.4) is 0 Å². The molecule has 129 valence electrons.